The van der Waals surface area contributed by atoms with Gasteiger partial charge >= 0.3 is 0 Å². The lowest BCUT2D eigenvalue weighted by molar-refractivity contribution is 1.07. The summed E-state index contributed by atoms with van der Waals surface area (Å²) >= 11 is 4.46. The lowest BCUT2D eigenvalue weighted by Gasteiger charge is -1.98. The number of aliphatic imine (C=N–C) groups is 1. The van der Waals surface area contributed by atoms with Gasteiger partial charge in [0.1, 0.15) is 0 Å². The van der Waals surface area contributed by atoms with Crippen LogP contribution in [-0.4, -0.2) is 5.16 Å². The summed E-state index contributed by atoms with van der Waals surface area (Å²) in [6, 6.07) is 7.73. The van der Waals surface area contributed by atoms with Crippen LogP contribution in [0.4, 0.5) is 0 Å². The topological polar surface area (TPSA) is 36.1 Å². The minimum absolute atomic E-state index is 0.500. The number of benzene rings is 1. The zero-order valence-electron chi connectivity index (χ0n) is 7.24. The van der Waals surface area contributed by atoms with Crippen molar-refractivity contribution in [2.24, 2.45) is 4.99 Å². The molecule has 0 amide bonds. The van der Waals surface area contributed by atoms with E-state index in [1.165, 1.54) is 0 Å². The van der Waals surface area contributed by atoms with Crippen LogP contribution in [0.15, 0.2) is 23.2 Å². The molecule has 0 spiro atoms. The average molecular weight is 188 g/mol. The molecule has 0 saturated heterocycles. The van der Waals surface area contributed by atoms with E-state index in [-0.39, 0.29) is 0 Å². The molecule has 0 radical (unpaired) electrons. The second kappa shape index (κ2) is 4.51. The van der Waals surface area contributed by atoms with Crippen LogP contribution in [0.2, 0.25) is 0 Å². The molecule has 0 bridgehead atoms. The van der Waals surface area contributed by atoms with Gasteiger partial charge in [-0.15, -0.1) is 0 Å². The van der Waals surface area contributed by atoms with Gasteiger partial charge in [0.05, 0.1) is 23.3 Å². The molecule has 0 N–H and O–H groups in total. The molecule has 0 fully saturated rings. The van der Waals surface area contributed by atoms with E-state index < -0.39 is 0 Å². The Morgan fingerprint density at radius 2 is 2.23 bits per heavy atom. The molecule has 0 heterocycles. The van der Waals surface area contributed by atoms with Gasteiger partial charge in [0.2, 0.25) is 0 Å². The first-order valence-corrected chi connectivity index (χ1v) is 4.21. The van der Waals surface area contributed by atoms with E-state index in [0.717, 1.165) is 11.1 Å². The Morgan fingerprint density at radius 3 is 2.85 bits per heavy atom. The Morgan fingerprint density at radius 1 is 1.46 bits per heavy atom. The summed E-state index contributed by atoms with van der Waals surface area (Å²) in [6.07, 6.45) is 0. The van der Waals surface area contributed by atoms with E-state index in [1.807, 2.05) is 25.1 Å². The van der Waals surface area contributed by atoms with E-state index >= 15 is 0 Å². The molecule has 13 heavy (non-hydrogen) atoms. The van der Waals surface area contributed by atoms with E-state index in [0.29, 0.717) is 12.1 Å². The third-order valence-corrected chi connectivity index (χ3v) is 1.72. The fourth-order valence-electron chi connectivity index (χ4n) is 1.14. The van der Waals surface area contributed by atoms with E-state index in [9.17, 15) is 0 Å². The van der Waals surface area contributed by atoms with Gasteiger partial charge in [-0.3, -0.25) is 0 Å². The predicted molar refractivity (Wildman–Crippen MR) is 54.6 cm³/mol. The number of aryl methyl sites for hydroxylation is 1. The van der Waals surface area contributed by atoms with Crippen LogP contribution in [0, 0.1) is 18.3 Å². The van der Waals surface area contributed by atoms with Gasteiger partial charge in [0.15, 0.2) is 0 Å². The Balaban J connectivity index is 3.02. The molecule has 1 rings (SSSR count). The minimum Gasteiger partial charge on any atom is -0.228 e. The van der Waals surface area contributed by atoms with Crippen molar-refractivity contribution in [1.82, 2.24) is 0 Å². The highest BCUT2D eigenvalue weighted by atomic mass is 32.1. The van der Waals surface area contributed by atoms with Gasteiger partial charge in [-0.25, -0.2) is 4.99 Å². The van der Waals surface area contributed by atoms with E-state index in [2.05, 4.69) is 28.4 Å². The second-order valence-corrected chi connectivity index (χ2v) is 2.91. The molecule has 0 aliphatic carbocycles. The highest BCUT2D eigenvalue weighted by Gasteiger charge is 1.96. The summed E-state index contributed by atoms with van der Waals surface area (Å²) in [5, 5.41) is 11.0. The number of nitrogens with zero attached hydrogens (tertiary/aromatic N) is 2. The molecular weight excluding hydrogens is 180 g/mol. The molecule has 0 aliphatic rings. The monoisotopic (exact) mass is 188 g/mol. The highest BCUT2D eigenvalue weighted by Crippen LogP contribution is 2.09. The molecule has 0 atom stereocenters. The van der Waals surface area contributed by atoms with E-state index in [4.69, 9.17) is 5.26 Å². The number of hydrogen-bond acceptors (Lipinski definition) is 3. The van der Waals surface area contributed by atoms with Gasteiger partial charge in [-0.2, -0.15) is 5.26 Å². The average Bonchev–Trinajstić information content (AvgIpc) is 2.14. The first-order chi connectivity index (χ1) is 6.26. The maximum Gasteiger partial charge on any atom is 0.0991 e. The van der Waals surface area contributed by atoms with Gasteiger partial charge in [-0.05, 0) is 42.4 Å². The van der Waals surface area contributed by atoms with Crippen molar-refractivity contribution >= 4 is 17.4 Å². The zero-order valence-corrected chi connectivity index (χ0v) is 8.06. The third-order valence-electron chi connectivity index (χ3n) is 1.59. The van der Waals surface area contributed by atoms with Crippen LogP contribution in [0.25, 0.3) is 0 Å². The minimum atomic E-state index is 0.500. The Labute approximate surface area is 82.5 Å². The SMILES string of the molecule is Cc1cc(C#N)cc(CN=C=S)c1. The largest absolute Gasteiger partial charge is 0.228 e. The quantitative estimate of drug-likeness (QED) is 0.528. The first-order valence-electron chi connectivity index (χ1n) is 3.80. The smallest absolute Gasteiger partial charge is 0.0991 e. The van der Waals surface area contributed by atoms with Gasteiger partial charge < -0.3 is 0 Å². The van der Waals surface area contributed by atoms with Crippen molar-refractivity contribution in [3.8, 4) is 6.07 Å². The summed E-state index contributed by atoms with van der Waals surface area (Å²) in [6.45, 7) is 2.45. The van der Waals surface area contributed by atoms with Crippen molar-refractivity contribution in [3.63, 3.8) is 0 Å². The highest BCUT2D eigenvalue weighted by molar-refractivity contribution is 7.78. The summed E-state index contributed by atoms with van der Waals surface area (Å²) in [5.41, 5.74) is 2.72. The maximum atomic E-state index is 8.70. The first kappa shape index (κ1) is 9.60. The van der Waals surface area contributed by atoms with E-state index in [1.54, 1.807) is 0 Å². The fraction of sp³-hybridized carbons (Fsp3) is 0.200. The molecule has 3 heteroatoms. The summed E-state index contributed by atoms with van der Waals surface area (Å²) < 4.78 is 0. The molecule has 0 aliphatic heterocycles. The number of nitriles is 1. The summed E-state index contributed by atoms with van der Waals surface area (Å²) in [4.78, 5) is 3.81. The third kappa shape index (κ3) is 2.79. The number of hydrogen-bond donors (Lipinski definition) is 0. The molecule has 1 aromatic rings. The zero-order chi connectivity index (χ0) is 9.68. The molecule has 2 nitrogen and oxygen atoms in total. The van der Waals surface area contributed by atoms with Crippen molar-refractivity contribution in [3.05, 3.63) is 34.9 Å². The fourth-order valence-corrected chi connectivity index (χ4v) is 1.21. The van der Waals surface area contributed by atoms with Crippen molar-refractivity contribution in [2.45, 2.75) is 13.5 Å². The standard InChI is InChI=1S/C10H8N2S/c1-8-2-9(5-11)4-10(3-8)6-12-7-13/h2-4H,6H2,1H3. The van der Waals surface area contributed by atoms with Crippen LogP contribution in [0.3, 0.4) is 0 Å². The summed E-state index contributed by atoms with van der Waals surface area (Å²) in [5.74, 6) is 0. The number of isothiocyanates is 1. The Kier molecular flexibility index (Phi) is 3.33. The molecule has 1 aromatic carbocycles. The maximum absolute atomic E-state index is 8.70. The number of rotatable bonds is 2. The molecular formula is C10H8N2S. The molecule has 0 aromatic heterocycles. The van der Waals surface area contributed by atoms with Crippen LogP contribution in [0.1, 0.15) is 16.7 Å². The van der Waals surface area contributed by atoms with Crippen LogP contribution in [0.5, 0.6) is 0 Å². The van der Waals surface area contributed by atoms with Crippen molar-refractivity contribution < 1.29 is 0 Å². The van der Waals surface area contributed by atoms with Crippen LogP contribution < -0.4 is 0 Å². The molecule has 0 saturated carbocycles. The molecule has 0 unspecified atom stereocenters. The number of thiocarbonyl (C=S) groups is 1. The lowest BCUT2D eigenvalue weighted by atomic mass is 10.1. The summed E-state index contributed by atoms with van der Waals surface area (Å²) in [7, 11) is 0. The Hall–Kier alpha value is -1.49. The molecule has 64 valence electrons. The Bertz CT molecular complexity index is 398. The van der Waals surface area contributed by atoms with Gasteiger partial charge in [0.25, 0.3) is 0 Å². The normalized spacial score (nSPS) is 8.62. The predicted octanol–water partition coefficient (Wildman–Crippen LogP) is 2.47. The van der Waals surface area contributed by atoms with Crippen molar-refractivity contribution in [2.75, 3.05) is 0 Å². The lowest BCUT2D eigenvalue weighted by Crippen LogP contribution is -1.85. The van der Waals surface area contributed by atoms with Gasteiger partial charge in [-0.1, -0.05) is 6.07 Å². The van der Waals surface area contributed by atoms with Crippen molar-refractivity contribution in [1.29, 1.82) is 5.26 Å². The van der Waals surface area contributed by atoms with Crippen LogP contribution in [-0.2, 0) is 6.54 Å². The van der Waals surface area contributed by atoms with Gasteiger partial charge in [0, 0.05) is 0 Å². The second-order valence-electron chi connectivity index (χ2n) is 2.73. The van der Waals surface area contributed by atoms with Crippen LogP contribution >= 0.6 is 12.2 Å².